The third-order valence-corrected chi connectivity index (χ3v) is 4.96. The van der Waals surface area contributed by atoms with Crippen molar-refractivity contribution in [3.63, 3.8) is 0 Å². The molecule has 0 radical (unpaired) electrons. The Bertz CT molecular complexity index is 1220. The molecule has 7 heteroatoms. The van der Waals surface area contributed by atoms with Gasteiger partial charge >= 0.3 is 5.97 Å². The van der Waals surface area contributed by atoms with Crippen molar-refractivity contribution in [2.24, 2.45) is 0 Å². The molecule has 0 bridgehead atoms. The summed E-state index contributed by atoms with van der Waals surface area (Å²) in [5.41, 5.74) is 3.28. The maximum Gasteiger partial charge on any atom is 0.341 e. The highest BCUT2D eigenvalue weighted by atomic mass is 35.5. The number of ether oxygens (including phenoxy) is 2. The third kappa shape index (κ3) is 4.81. The summed E-state index contributed by atoms with van der Waals surface area (Å²) in [5, 5.41) is 14.5. The van der Waals surface area contributed by atoms with Gasteiger partial charge < -0.3 is 19.1 Å². The lowest BCUT2D eigenvalue weighted by molar-refractivity contribution is -0.139. The van der Waals surface area contributed by atoms with E-state index >= 15 is 0 Å². The minimum atomic E-state index is -1.04. The minimum Gasteiger partial charge on any atom is -0.482 e. The van der Waals surface area contributed by atoms with E-state index in [-0.39, 0.29) is 0 Å². The first-order valence-corrected chi connectivity index (χ1v) is 10.2. The van der Waals surface area contributed by atoms with Gasteiger partial charge in [0.15, 0.2) is 12.2 Å². The van der Waals surface area contributed by atoms with Crippen molar-refractivity contribution >= 4 is 28.5 Å². The first-order chi connectivity index (χ1) is 15.0. The minimum absolute atomic E-state index is 0.413. The van der Waals surface area contributed by atoms with Crippen molar-refractivity contribution in [3.8, 4) is 28.5 Å². The molecule has 3 aromatic carbocycles. The number of aliphatic carboxylic acids is 1. The van der Waals surface area contributed by atoms with Gasteiger partial charge in [-0.3, -0.25) is 0 Å². The standard InChI is InChI=1S/C24H20ClNO5/c1-2-3-15-12-19(30-17-6-4-16(25)5-7-17)8-10-20(15)24-21-13-18(29-14-23(27)28)9-11-22(21)31-26-24/h4-13H,2-3,14H2,1H3,(H,27,28). The molecule has 0 saturated carbocycles. The van der Waals surface area contributed by atoms with Crippen molar-refractivity contribution in [2.75, 3.05) is 6.61 Å². The van der Waals surface area contributed by atoms with Gasteiger partial charge in [0.2, 0.25) is 0 Å². The molecule has 1 aromatic heterocycles. The normalized spacial score (nSPS) is 10.9. The molecule has 4 aromatic rings. The van der Waals surface area contributed by atoms with E-state index in [2.05, 4.69) is 12.1 Å². The molecule has 0 aliphatic rings. The van der Waals surface area contributed by atoms with Crippen molar-refractivity contribution in [3.05, 3.63) is 71.2 Å². The van der Waals surface area contributed by atoms with Gasteiger partial charge in [0.1, 0.15) is 22.9 Å². The molecule has 1 heterocycles. The number of carboxylic acids is 1. The number of benzene rings is 3. The van der Waals surface area contributed by atoms with E-state index in [1.807, 2.05) is 30.3 Å². The van der Waals surface area contributed by atoms with Gasteiger partial charge in [0.05, 0.1) is 5.39 Å². The molecular formula is C24H20ClNO5. The maximum atomic E-state index is 10.8. The predicted molar refractivity (Wildman–Crippen MR) is 118 cm³/mol. The summed E-state index contributed by atoms with van der Waals surface area (Å²) in [6.45, 7) is 1.69. The zero-order valence-corrected chi connectivity index (χ0v) is 17.6. The third-order valence-electron chi connectivity index (χ3n) is 4.70. The number of nitrogens with zero attached hydrogens (tertiary/aromatic N) is 1. The van der Waals surface area contributed by atoms with Crippen LogP contribution in [0.5, 0.6) is 17.2 Å². The van der Waals surface area contributed by atoms with Crippen molar-refractivity contribution < 1.29 is 23.9 Å². The second kappa shape index (κ2) is 9.10. The van der Waals surface area contributed by atoms with Gasteiger partial charge in [-0.25, -0.2) is 4.79 Å². The number of rotatable bonds is 8. The summed E-state index contributed by atoms with van der Waals surface area (Å²) < 4.78 is 16.8. The molecule has 1 N–H and O–H groups in total. The number of carbonyl (C=O) groups is 1. The molecule has 0 spiro atoms. The summed E-state index contributed by atoms with van der Waals surface area (Å²) >= 11 is 5.94. The lowest BCUT2D eigenvalue weighted by atomic mass is 9.98. The first-order valence-electron chi connectivity index (χ1n) is 9.84. The molecule has 6 nitrogen and oxygen atoms in total. The molecule has 0 fully saturated rings. The van der Waals surface area contributed by atoms with Crippen LogP contribution in [-0.4, -0.2) is 22.8 Å². The Morgan fingerprint density at radius 1 is 1.03 bits per heavy atom. The van der Waals surface area contributed by atoms with Crippen LogP contribution in [0.25, 0.3) is 22.2 Å². The molecule has 0 aliphatic carbocycles. The number of fused-ring (bicyclic) bond motifs is 1. The number of aryl methyl sites for hydroxylation is 1. The van der Waals surface area contributed by atoms with Gasteiger partial charge in [-0.2, -0.15) is 0 Å². The highest BCUT2D eigenvalue weighted by molar-refractivity contribution is 6.30. The average Bonchev–Trinajstić information content (AvgIpc) is 3.17. The van der Waals surface area contributed by atoms with Gasteiger partial charge in [-0.15, -0.1) is 0 Å². The molecule has 0 unspecified atom stereocenters. The monoisotopic (exact) mass is 437 g/mol. The Morgan fingerprint density at radius 2 is 1.77 bits per heavy atom. The van der Waals surface area contributed by atoms with Crippen molar-refractivity contribution in [1.29, 1.82) is 0 Å². The van der Waals surface area contributed by atoms with Gasteiger partial charge in [0.25, 0.3) is 0 Å². The van der Waals surface area contributed by atoms with E-state index in [0.29, 0.717) is 33.5 Å². The van der Waals surface area contributed by atoms with E-state index in [1.165, 1.54) is 0 Å². The summed E-state index contributed by atoms with van der Waals surface area (Å²) in [7, 11) is 0. The van der Waals surface area contributed by atoms with Crippen LogP contribution in [-0.2, 0) is 11.2 Å². The van der Waals surface area contributed by atoms with Gasteiger partial charge in [0, 0.05) is 10.6 Å². The molecule has 158 valence electrons. The SMILES string of the molecule is CCCc1cc(Oc2ccc(Cl)cc2)ccc1-c1noc2ccc(OCC(=O)O)cc12. The average molecular weight is 438 g/mol. The summed E-state index contributed by atoms with van der Waals surface area (Å²) in [6.07, 6.45) is 1.77. The van der Waals surface area contributed by atoms with Crippen LogP contribution in [0.4, 0.5) is 0 Å². The fourth-order valence-electron chi connectivity index (χ4n) is 3.33. The number of hydrogen-bond donors (Lipinski definition) is 1. The number of halogens is 1. The zero-order valence-electron chi connectivity index (χ0n) is 16.8. The predicted octanol–water partition coefficient (Wildman–Crippen LogP) is 6.36. The highest BCUT2D eigenvalue weighted by Crippen LogP contribution is 2.35. The summed E-state index contributed by atoms with van der Waals surface area (Å²) in [6, 6.07) is 18.2. The van der Waals surface area contributed by atoms with E-state index < -0.39 is 12.6 Å². The number of aromatic nitrogens is 1. The topological polar surface area (TPSA) is 81.8 Å². The molecule has 0 amide bonds. The lowest BCUT2D eigenvalue weighted by Crippen LogP contribution is -2.09. The Labute approximate surface area is 184 Å². The Balaban J connectivity index is 1.69. The number of carboxylic acid groups (broad SMARTS) is 1. The summed E-state index contributed by atoms with van der Waals surface area (Å²) in [4.78, 5) is 10.8. The Morgan fingerprint density at radius 3 is 2.52 bits per heavy atom. The van der Waals surface area contributed by atoms with Gasteiger partial charge in [-0.05, 0) is 72.6 Å². The van der Waals surface area contributed by atoms with E-state index in [4.69, 9.17) is 30.7 Å². The molecule has 0 atom stereocenters. The maximum absolute atomic E-state index is 10.8. The number of hydrogen-bond acceptors (Lipinski definition) is 5. The van der Waals surface area contributed by atoms with E-state index in [1.54, 1.807) is 30.3 Å². The Kier molecular flexibility index (Phi) is 6.09. The smallest absolute Gasteiger partial charge is 0.341 e. The second-order valence-corrected chi connectivity index (χ2v) is 7.43. The zero-order chi connectivity index (χ0) is 21.8. The van der Waals surface area contributed by atoms with Crippen LogP contribution in [0.1, 0.15) is 18.9 Å². The molecule has 0 aliphatic heterocycles. The van der Waals surface area contributed by atoms with E-state index in [0.717, 1.165) is 29.4 Å². The van der Waals surface area contributed by atoms with Crippen LogP contribution >= 0.6 is 11.6 Å². The quantitative estimate of drug-likeness (QED) is 0.345. The van der Waals surface area contributed by atoms with Crippen LogP contribution in [0.3, 0.4) is 0 Å². The molecular weight excluding hydrogens is 418 g/mol. The van der Waals surface area contributed by atoms with E-state index in [9.17, 15) is 4.79 Å². The fraction of sp³-hybridized carbons (Fsp3) is 0.167. The summed E-state index contributed by atoms with van der Waals surface area (Å²) in [5.74, 6) is 0.825. The van der Waals surface area contributed by atoms with Crippen LogP contribution < -0.4 is 9.47 Å². The van der Waals surface area contributed by atoms with Crippen molar-refractivity contribution in [2.45, 2.75) is 19.8 Å². The van der Waals surface area contributed by atoms with Crippen LogP contribution in [0.2, 0.25) is 5.02 Å². The largest absolute Gasteiger partial charge is 0.482 e. The van der Waals surface area contributed by atoms with Crippen LogP contribution in [0.15, 0.2) is 65.2 Å². The fourth-order valence-corrected chi connectivity index (χ4v) is 3.45. The lowest BCUT2D eigenvalue weighted by Gasteiger charge is -2.11. The van der Waals surface area contributed by atoms with Gasteiger partial charge in [-0.1, -0.05) is 30.1 Å². The Hall–Kier alpha value is -3.51. The molecule has 31 heavy (non-hydrogen) atoms. The second-order valence-electron chi connectivity index (χ2n) is 7.00. The highest BCUT2D eigenvalue weighted by Gasteiger charge is 2.16. The van der Waals surface area contributed by atoms with Crippen LogP contribution in [0, 0.1) is 0 Å². The van der Waals surface area contributed by atoms with Crippen molar-refractivity contribution in [1.82, 2.24) is 5.16 Å². The molecule has 4 rings (SSSR count). The molecule has 0 saturated heterocycles. The first kappa shape index (κ1) is 20.8.